The molecule has 0 bridgehead atoms. The second-order valence-corrected chi connectivity index (χ2v) is 9.64. The van der Waals surface area contributed by atoms with Crippen LogP contribution in [-0.4, -0.2) is 59.4 Å². The van der Waals surface area contributed by atoms with Crippen LogP contribution in [0.2, 0.25) is 0 Å². The van der Waals surface area contributed by atoms with E-state index in [1.165, 1.54) is 5.56 Å². The normalized spacial score (nSPS) is 15.7. The van der Waals surface area contributed by atoms with Crippen molar-refractivity contribution in [1.82, 2.24) is 14.9 Å². The Morgan fingerprint density at radius 3 is 2.64 bits per heavy atom. The lowest BCUT2D eigenvalue weighted by Crippen LogP contribution is -2.40. The average molecular weight is 486 g/mol. The van der Waals surface area contributed by atoms with E-state index in [1.807, 2.05) is 42.5 Å². The number of nitrogens with one attached hydrogen (secondary N) is 1. The molecule has 4 aromatic rings. The zero-order valence-electron chi connectivity index (χ0n) is 20.9. The molecule has 1 aliphatic rings. The summed E-state index contributed by atoms with van der Waals surface area (Å²) in [5.74, 6) is 3.26. The number of hydrogen-bond donors (Lipinski definition) is 2. The van der Waals surface area contributed by atoms with Gasteiger partial charge in [-0.2, -0.15) is 0 Å². The van der Waals surface area contributed by atoms with Crippen molar-refractivity contribution in [2.24, 2.45) is 0 Å². The summed E-state index contributed by atoms with van der Waals surface area (Å²) in [5.41, 5.74) is 4.52. The summed E-state index contributed by atoms with van der Waals surface area (Å²) in [6.45, 7) is 2.82. The molecule has 1 aliphatic heterocycles. The van der Waals surface area contributed by atoms with Crippen LogP contribution in [-0.2, 0) is 12.8 Å². The second-order valence-electron chi connectivity index (χ2n) is 9.64. The van der Waals surface area contributed by atoms with Crippen LogP contribution in [0.15, 0.2) is 72.8 Å². The zero-order chi connectivity index (χ0) is 24.7. The Labute approximate surface area is 212 Å². The molecule has 6 nitrogen and oxygen atoms in total. The number of methoxy groups -OCH3 is 1. The molecule has 36 heavy (non-hydrogen) atoms. The number of piperidine rings is 1. The third-order valence-electron chi connectivity index (χ3n) is 7.07. The van der Waals surface area contributed by atoms with Crippen LogP contribution in [0, 0.1) is 0 Å². The van der Waals surface area contributed by atoms with E-state index in [9.17, 15) is 5.11 Å². The van der Waals surface area contributed by atoms with Gasteiger partial charge in [0.15, 0.2) is 0 Å². The van der Waals surface area contributed by atoms with E-state index in [2.05, 4.69) is 40.2 Å². The zero-order valence-corrected chi connectivity index (χ0v) is 20.9. The minimum Gasteiger partial charge on any atom is -0.497 e. The Balaban J connectivity index is 1.09. The number of hydrogen-bond acceptors (Lipinski definition) is 5. The van der Waals surface area contributed by atoms with Crippen LogP contribution < -0.4 is 9.47 Å². The van der Waals surface area contributed by atoms with Gasteiger partial charge < -0.3 is 24.5 Å². The number of benzene rings is 3. The highest BCUT2D eigenvalue weighted by Crippen LogP contribution is 2.28. The van der Waals surface area contributed by atoms with Crippen molar-refractivity contribution in [1.29, 1.82) is 0 Å². The van der Waals surface area contributed by atoms with E-state index < -0.39 is 6.10 Å². The van der Waals surface area contributed by atoms with Gasteiger partial charge in [0.25, 0.3) is 0 Å². The fraction of sp³-hybridized carbons (Fsp3) is 0.367. The van der Waals surface area contributed by atoms with Gasteiger partial charge in [-0.3, -0.25) is 0 Å². The van der Waals surface area contributed by atoms with Crippen molar-refractivity contribution in [2.75, 3.05) is 33.4 Å². The standard InChI is InChI=1S/C30H35N3O3/c1-35-26-9-6-7-22(19-26)13-14-23-8-2-5-12-29(23)36-21-25(34)20-33-17-15-24(16-18-33)30-31-27-10-3-4-11-28(27)32-30/h2-12,19,24-25,34H,13-18,20-21H2,1H3,(H,31,32). The largest absolute Gasteiger partial charge is 0.497 e. The monoisotopic (exact) mass is 485 g/mol. The molecule has 188 valence electrons. The molecule has 1 fully saturated rings. The van der Waals surface area contributed by atoms with Gasteiger partial charge in [-0.25, -0.2) is 4.98 Å². The topological polar surface area (TPSA) is 70.6 Å². The number of ether oxygens (including phenoxy) is 2. The first-order valence-corrected chi connectivity index (χ1v) is 12.9. The molecule has 1 saturated heterocycles. The predicted octanol–water partition coefficient (Wildman–Crippen LogP) is 4.98. The number of fused-ring (bicyclic) bond motifs is 1. The Bertz CT molecular complexity index is 1230. The highest BCUT2D eigenvalue weighted by molar-refractivity contribution is 5.74. The molecule has 5 rings (SSSR count). The van der Waals surface area contributed by atoms with Gasteiger partial charge in [0, 0.05) is 12.5 Å². The SMILES string of the molecule is COc1cccc(CCc2ccccc2OCC(O)CN2CCC(c3nc4ccccc4[nH]3)CC2)c1. The quantitative estimate of drug-likeness (QED) is 0.332. The van der Waals surface area contributed by atoms with E-state index in [1.54, 1.807) is 7.11 Å². The van der Waals surface area contributed by atoms with Gasteiger partial charge in [0.05, 0.1) is 18.1 Å². The number of rotatable bonds is 10. The molecule has 1 aromatic heterocycles. The number of β-amino-alcohol motifs (C(OH)–C–C–N with tert-alkyl or cyclic N) is 1. The van der Waals surface area contributed by atoms with Crippen LogP contribution in [0.5, 0.6) is 11.5 Å². The molecule has 6 heteroatoms. The number of likely N-dealkylation sites (tertiary alicyclic amines) is 1. The van der Waals surface area contributed by atoms with Gasteiger partial charge in [-0.15, -0.1) is 0 Å². The van der Waals surface area contributed by atoms with Crippen LogP contribution >= 0.6 is 0 Å². The first-order chi connectivity index (χ1) is 17.7. The minimum atomic E-state index is -0.529. The number of aromatic nitrogens is 2. The Kier molecular flexibility index (Phi) is 7.84. The second kappa shape index (κ2) is 11.6. The number of H-pyrrole nitrogens is 1. The molecule has 0 aliphatic carbocycles. The molecule has 0 amide bonds. The summed E-state index contributed by atoms with van der Waals surface area (Å²) in [6.07, 6.45) is 3.33. The third-order valence-corrected chi connectivity index (χ3v) is 7.07. The van der Waals surface area contributed by atoms with Gasteiger partial charge in [-0.1, -0.05) is 42.5 Å². The predicted molar refractivity (Wildman–Crippen MR) is 143 cm³/mol. The van der Waals surface area contributed by atoms with E-state index >= 15 is 0 Å². The summed E-state index contributed by atoms with van der Waals surface area (Å²) in [4.78, 5) is 10.6. The fourth-order valence-corrected chi connectivity index (χ4v) is 5.05. The number of nitrogens with zero attached hydrogens (tertiary/aromatic N) is 2. The summed E-state index contributed by atoms with van der Waals surface area (Å²) in [7, 11) is 1.69. The first kappa shape index (κ1) is 24.3. The highest BCUT2D eigenvalue weighted by atomic mass is 16.5. The van der Waals surface area contributed by atoms with Crippen molar-refractivity contribution in [3.8, 4) is 11.5 Å². The number of aryl methyl sites for hydroxylation is 2. The Morgan fingerprint density at radius 1 is 1.00 bits per heavy atom. The lowest BCUT2D eigenvalue weighted by molar-refractivity contribution is 0.0588. The van der Waals surface area contributed by atoms with Gasteiger partial charge >= 0.3 is 0 Å². The van der Waals surface area contributed by atoms with Gasteiger partial charge in [0.2, 0.25) is 0 Å². The number of para-hydroxylation sites is 3. The molecule has 0 spiro atoms. The average Bonchev–Trinajstić information content (AvgIpc) is 3.36. The molecule has 0 saturated carbocycles. The van der Waals surface area contributed by atoms with Crippen LogP contribution in [0.3, 0.4) is 0 Å². The summed E-state index contributed by atoms with van der Waals surface area (Å²) >= 11 is 0. The van der Waals surface area contributed by atoms with Crippen molar-refractivity contribution in [3.05, 3.63) is 89.7 Å². The molecule has 1 atom stereocenters. The van der Waals surface area contributed by atoms with Crippen molar-refractivity contribution in [2.45, 2.75) is 37.7 Å². The van der Waals surface area contributed by atoms with E-state index in [0.717, 1.165) is 72.7 Å². The molecule has 0 radical (unpaired) electrons. The molecule has 1 unspecified atom stereocenters. The number of imidazole rings is 1. The molecular weight excluding hydrogens is 450 g/mol. The Morgan fingerprint density at radius 2 is 1.81 bits per heavy atom. The van der Waals surface area contributed by atoms with Crippen LogP contribution in [0.4, 0.5) is 0 Å². The molecular formula is C30H35N3O3. The summed E-state index contributed by atoms with van der Waals surface area (Å²) in [6, 6.07) is 24.5. The van der Waals surface area contributed by atoms with Crippen molar-refractivity contribution >= 4 is 11.0 Å². The lowest BCUT2D eigenvalue weighted by Gasteiger charge is -2.32. The van der Waals surface area contributed by atoms with E-state index in [0.29, 0.717) is 19.1 Å². The maximum atomic E-state index is 10.7. The molecule has 2 heterocycles. The maximum absolute atomic E-state index is 10.7. The van der Waals surface area contributed by atoms with Gasteiger partial charge in [-0.05, 0) is 80.2 Å². The Hall–Kier alpha value is -3.35. The first-order valence-electron chi connectivity index (χ1n) is 12.9. The minimum absolute atomic E-state index is 0.291. The molecule has 2 N–H and O–H groups in total. The number of aromatic amines is 1. The third kappa shape index (κ3) is 6.07. The van der Waals surface area contributed by atoms with Gasteiger partial charge in [0.1, 0.15) is 30.0 Å². The van der Waals surface area contributed by atoms with E-state index in [4.69, 9.17) is 14.5 Å². The maximum Gasteiger partial charge on any atom is 0.122 e. The summed E-state index contributed by atoms with van der Waals surface area (Å²) in [5, 5.41) is 10.7. The van der Waals surface area contributed by atoms with Crippen LogP contribution in [0.1, 0.15) is 35.7 Å². The number of aliphatic hydroxyl groups is 1. The van der Waals surface area contributed by atoms with E-state index in [-0.39, 0.29) is 0 Å². The molecule has 3 aromatic carbocycles. The van der Waals surface area contributed by atoms with Crippen LogP contribution in [0.25, 0.3) is 11.0 Å². The van der Waals surface area contributed by atoms with Crippen molar-refractivity contribution in [3.63, 3.8) is 0 Å². The smallest absolute Gasteiger partial charge is 0.122 e. The number of aliphatic hydroxyl groups excluding tert-OH is 1. The van der Waals surface area contributed by atoms with Crippen molar-refractivity contribution < 1.29 is 14.6 Å². The summed E-state index contributed by atoms with van der Waals surface area (Å²) < 4.78 is 11.4. The highest BCUT2D eigenvalue weighted by Gasteiger charge is 2.24. The lowest BCUT2D eigenvalue weighted by atomic mass is 9.96. The fourth-order valence-electron chi connectivity index (χ4n) is 5.05.